The van der Waals surface area contributed by atoms with Crippen LogP contribution in [-0.4, -0.2) is 11.6 Å². The summed E-state index contributed by atoms with van der Waals surface area (Å²) in [6.07, 6.45) is -9.06. The molecule has 0 spiro atoms. The lowest BCUT2D eigenvalue weighted by atomic mass is 9.96. The van der Waals surface area contributed by atoms with Crippen molar-refractivity contribution in [3.63, 3.8) is 0 Å². The molecule has 0 aliphatic heterocycles. The van der Waals surface area contributed by atoms with Gasteiger partial charge in [0.25, 0.3) is 0 Å². The van der Waals surface area contributed by atoms with E-state index in [2.05, 4.69) is 11.8 Å². The fourth-order valence-electron chi connectivity index (χ4n) is 3.65. The van der Waals surface area contributed by atoms with Gasteiger partial charge in [-0.3, -0.25) is 9.59 Å². The van der Waals surface area contributed by atoms with E-state index in [9.17, 15) is 35.9 Å². The zero-order valence-electron chi connectivity index (χ0n) is 19.3. The van der Waals surface area contributed by atoms with E-state index in [0.717, 1.165) is 48.5 Å². The maximum absolute atomic E-state index is 13.0. The number of carbonyl (C=O) groups is 2. The fourth-order valence-corrected chi connectivity index (χ4v) is 3.65. The second-order valence-electron chi connectivity index (χ2n) is 8.15. The van der Waals surface area contributed by atoms with Crippen molar-refractivity contribution in [3.8, 4) is 11.8 Å². The molecule has 4 aromatic rings. The monoisotopic (exact) mass is 522 g/mol. The first kappa shape index (κ1) is 26.4. The van der Waals surface area contributed by atoms with Gasteiger partial charge in [0.2, 0.25) is 0 Å². The molecule has 0 fully saturated rings. The van der Waals surface area contributed by atoms with Crippen LogP contribution in [0.1, 0.15) is 54.1 Å². The molecule has 190 valence electrons. The lowest BCUT2D eigenvalue weighted by Gasteiger charge is -2.08. The van der Waals surface area contributed by atoms with Gasteiger partial charge in [0.15, 0.2) is 11.6 Å². The van der Waals surface area contributed by atoms with Crippen LogP contribution in [0.4, 0.5) is 26.3 Å². The van der Waals surface area contributed by atoms with Crippen LogP contribution in [0.25, 0.3) is 0 Å². The molecule has 0 amide bonds. The Morgan fingerprint density at radius 1 is 0.474 bits per heavy atom. The van der Waals surface area contributed by atoms with Crippen LogP contribution in [0, 0.1) is 11.8 Å². The molecular weight excluding hydrogens is 506 g/mol. The largest absolute Gasteiger partial charge is 0.416 e. The van der Waals surface area contributed by atoms with E-state index >= 15 is 0 Å². The van der Waals surface area contributed by atoms with Crippen molar-refractivity contribution >= 4 is 11.6 Å². The molecular formula is C30H16F6O2. The summed E-state index contributed by atoms with van der Waals surface area (Å²) in [4.78, 5) is 26.0. The Bertz CT molecular complexity index is 1440. The van der Waals surface area contributed by atoms with E-state index in [1.807, 2.05) is 0 Å². The molecule has 4 rings (SSSR count). The van der Waals surface area contributed by atoms with Crippen molar-refractivity contribution in [2.75, 3.05) is 0 Å². The molecule has 38 heavy (non-hydrogen) atoms. The van der Waals surface area contributed by atoms with Crippen LogP contribution < -0.4 is 0 Å². The summed E-state index contributed by atoms with van der Waals surface area (Å²) in [6, 6.07) is 20.2. The molecule has 0 atom stereocenters. The van der Waals surface area contributed by atoms with Gasteiger partial charge < -0.3 is 0 Å². The Hall–Kier alpha value is -4.64. The minimum atomic E-state index is -4.53. The second-order valence-corrected chi connectivity index (χ2v) is 8.15. The lowest BCUT2D eigenvalue weighted by Crippen LogP contribution is -2.08. The van der Waals surface area contributed by atoms with E-state index in [4.69, 9.17) is 0 Å². The maximum atomic E-state index is 13.0. The van der Waals surface area contributed by atoms with Gasteiger partial charge in [-0.25, -0.2) is 0 Å². The predicted molar refractivity (Wildman–Crippen MR) is 129 cm³/mol. The van der Waals surface area contributed by atoms with Crippen molar-refractivity contribution in [1.29, 1.82) is 0 Å². The standard InChI is InChI=1S/C30H16F6O2/c31-29(32,33)23-15-11-21(12-16-23)27(37)25-7-3-1-5-19(25)9-10-20-6-2-4-8-26(20)28(38)22-13-17-24(18-14-22)30(34,35)36/h1-8,11-18H. The van der Waals surface area contributed by atoms with Crippen molar-refractivity contribution in [2.24, 2.45) is 0 Å². The molecule has 0 saturated heterocycles. The third-order valence-electron chi connectivity index (χ3n) is 5.62. The summed E-state index contributed by atoms with van der Waals surface area (Å²) in [6.45, 7) is 0. The van der Waals surface area contributed by atoms with Gasteiger partial charge >= 0.3 is 12.4 Å². The topological polar surface area (TPSA) is 34.1 Å². The first-order valence-corrected chi connectivity index (χ1v) is 11.1. The smallest absolute Gasteiger partial charge is 0.289 e. The van der Waals surface area contributed by atoms with Crippen LogP contribution >= 0.6 is 0 Å². The Balaban J connectivity index is 1.65. The van der Waals surface area contributed by atoms with Gasteiger partial charge in [-0.15, -0.1) is 0 Å². The summed E-state index contributed by atoms with van der Waals surface area (Å²) in [5, 5.41) is 0. The molecule has 0 N–H and O–H groups in total. The molecule has 0 unspecified atom stereocenters. The van der Waals surface area contributed by atoms with Crippen LogP contribution in [0.3, 0.4) is 0 Å². The van der Waals surface area contributed by atoms with Gasteiger partial charge in [-0.2, -0.15) is 26.3 Å². The highest BCUT2D eigenvalue weighted by Crippen LogP contribution is 2.30. The molecule has 4 aromatic carbocycles. The normalized spacial score (nSPS) is 11.4. The Morgan fingerprint density at radius 3 is 1.11 bits per heavy atom. The summed E-state index contributed by atoms with van der Waals surface area (Å²) >= 11 is 0. The van der Waals surface area contributed by atoms with Crippen LogP contribution in [0.15, 0.2) is 97.1 Å². The van der Waals surface area contributed by atoms with Crippen molar-refractivity contribution < 1.29 is 35.9 Å². The lowest BCUT2D eigenvalue weighted by molar-refractivity contribution is -0.138. The van der Waals surface area contributed by atoms with Gasteiger partial charge in [0.1, 0.15) is 0 Å². The minimum absolute atomic E-state index is 0.0464. The summed E-state index contributed by atoms with van der Waals surface area (Å²) in [7, 11) is 0. The quantitative estimate of drug-likeness (QED) is 0.157. The number of halogens is 6. The highest BCUT2D eigenvalue weighted by Gasteiger charge is 2.31. The number of benzene rings is 4. The van der Waals surface area contributed by atoms with Crippen molar-refractivity contribution in [2.45, 2.75) is 12.4 Å². The predicted octanol–water partition coefficient (Wildman–Crippen LogP) is 7.59. The van der Waals surface area contributed by atoms with Crippen LogP contribution in [0.2, 0.25) is 0 Å². The highest BCUT2D eigenvalue weighted by atomic mass is 19.4. The molecule has 0 saturated carbocycles. The molecule has 0 heterocycles. The third-order valence-corrected chi connectivity index (χ3v) is 5.62. The maximum Gasteiger partial charge on any atom is 0.416 e. The Morgan fingerprint density at radius 2 is 0.789 bits per heavy atom. The third kappa shape index (κ3) is 5.84. The number of carbonyl (C=O) groups excluding carboxylic acids is 2. The van der Waals surface area contributed by atoms with Gasteiger partial charge in [0.05, 0.1) is 11.1 Å². The van der Waals surface area contributed by atoms with Crippen molar-refractivity contribution in [1.82, 2.24) is 0 Å². The molecule has 0 bridgehead atoms. The van der Waals surface area contributed by atoms with Crippen LogP contribution in [0.5, 0.6) is 0 Å². The molecule has 0 aliphatic rings. The average Bonchev–Trinajstić information content (AvgIpc) is 2.90. The minimum Gasteiger partial charge on any atom is -0.289 e. The number of ketones is 2. The van der Waals surface area contributed by atoms with Gasteiger partial charge in [-0.05, 0) is 48.5 Å². The molecule has 2 nitrogen and oxygen atoms in total. The molecule has 0 radical (unpaired) electrons. The number of alkyl halides is 6. The van der Waals surface area contributed by atoms with E-state index in [1.165, 1.54) is 12.1 Å². The number of hydrogen-bond donors (Lipinski definition) is 0. The zero-order chi connectivity index (χ0) is 27.5. The summed E-state index contributed by atoms with van der Waals surface area (Å²) in [5.74, 6) is 4.62. The first-order chi connectivity index (χ1) is 17.9. The molecule has 0 aromatic heterocycles. The van der Waals surface area contributed by atoms with Gasteiger partial charge in [-0.1, -0.05) is 60.4 Å². The molecule has 8 heteroatoms. The second kappa shape index (κ2) is 10.4. The van der Waals surface area contributed by atoms with E-state index < -0.39 is 35.0 Å². The summed E-state index contributed by atoms with van der Waals surface area (Å²) in [5.41, 5.74) is -0.774. The van der Waals surface area contributed by atoms with Crippen molar-refractivity contribution in [3.05, 3.63) is 142 Å². The average molecular weight is 522 g/mol. The SMILES string of the molecule is O=C(c1ccc(C(F)(F)F)cc1)c1ccccc1C#Cc1ccccc1C(=O)c1ccc(C(F)(F)F)cc1. The van der Waals surface area contributed by atoms with E-state index in [-0.39, 0.29) is 33.4 Å². The number of hydrogen-bond acceptors (Lipinski definition) is 2. The number of rotatable bonds is 4. The zero-order valence-corrected chi connectivity index (χ0v) is 19.3. The summed E-state index contributed by atoms with van der Waals surface area (Å²) < 4.78 is 77.2. The van der Waals surface area contributed by atoms with E-state index in [0.29, 0.717) is 0 Å². The van der Waals surface area contributed by atoms with Crippen LogP contribution in [-0.2, 0) is 12.4 Å². The Kier molecular flexibility index (Phi) is 7.22. The van der Waals surface area contributed by atoms with E-state index in [1.54, 1.807) is 36.4 Å². The first-order valence-electron chi connectivity index (χ1n) is 11.1. The highest BCUT2D eigenvalue weighted by molar-refractivity contribution is 6.11. The Labute approximate surface area is 213 Å². The molecule has 0 aliphatic carbocycles. The van der Waals surface area contributed by atoms with Gasteiger partial charge in [0, 0.05) is 33.4 Å². The fraction of sp³-hybridized carbons (Fsp3) is 0.0667.